The van der Waals surface area contributed by atoms with Gasteiger partial charge in [0, 0.05) is 18.2 Å². The zero-order valence-electron chi connectivity index (χ0n) is 21.5. The second-order valence-electron chi connectivity index (χ2n) is 10.9. The minimum Gasteiger partial charge on any atom is -0.457 e. The highest BCUT2D eigenvalue weighted by atomic mass is 19.1. The predicted octanol–water partition coefficient (Wildman–Crippen LogP) is 5.58. The first-order valence-electron chi connectivity index (χ1n) is 12.7. The van der Waals surface area contributed by atoms with Crippen molar-refractivity contribution in [2.45, 2.75) is 51.3 Å². The first-order chi connectivity index (χ1) is 18.2. The van der Waals surface area contributed by atoms with Crippen LogP contribution in [0.4, 0.5) is 15.0 Å². The van der Waals surface area contributed by atoms with Crippen LogP contribution >= 0.6 is 0 Å². The molecule has 0 radical (unpaired) electrons. The number of aromatic nitrogens is 4. The largest absolute Gasteiger partial charge is 0.457 e. The third-order valence-electron chi connectivity index (χ3n) is 7.07. The minimum absolute atomic E-state index is 0.0379. The van der Waals surface area contributed by atoms with E-state index in [1.807, 2.05) is 42.5 Å². The molecule has 0 spiro atoms. The summed E-state index contributed by atoms with van der Waals surface area (Å²) in [5.74, 6) is 1.32. The molecule has 2 aromatic carbocycles. The minimum atomic E-state index is -0.563. The molecule has 1 amide bonds. The van der Waals surface area contributed by atoms with Crippen molar-refractivity contribution in [3.05, 3.63) is 60.7 Å². The van der Waals surface area contributed by atoms with Crippen LogP contribution in [0, 0.1) is 11.7 Å². The quantitative estimate of drug-likeness (QED) is 0.377. The van der Waals surface area contributed by atoms with Crippen molar-refractivity contribution in [1.29, 1.82) is 0 Å². The zero-order chi connectivity index (χ0) is 26.6. The van der Waals surface area contributed by atoms with E-state index in [4.69, 9.17) is 20.3 Å². The Labute approximate surface area is 219 Å². The van der Waals surface area contributed by atoms with Gasteiger partial charge in [-0.05, 0) is 75.9 Å². The van der Waals surface area contributed by atoms with Crippen molar-refractivity contribution < 1.29 is 18.7 Å². The number of amides is 1. The molecule has 2 bridgehead atoms. The molecule has 10 heteroatoms. The number of halogens is 1. The summed E-state index contributed by atoms with van der Waals surface area (Å²) in [5.41, 5.74) is 7.86. The van der Waals surface area contributed by atoms with Gasteiger partial charge in [0.2, 0.25) is 0 Å². The van der Waals surface area contributed by atoms with E-state index in [9.17, 15) is 9.18 Å². The number of hydrogen-bond donors (Lipinski definition) is 1. The van der Waals surface area contributed by atoms with E-state index in [1.165, 1.54) is 18.5 Å². The monoisotopic (exact) mass is 516 g/mol. The van der Waals surface area contributed by atoms with Gasteiger partial charge >= 0.3 is 6.09 Å². The third kappa shape index (κ3) is 4.40. The molecule has 38 heavy (non-hydrogen) atoms. The lowest BCUT2D eigenvalue weighted by molar-refractivity contribution is 0.0135. The van der Waals surface area contributed by atoms with E-state index < -0.39 is 5.60 Å². The number of piperidine rings is 1. The second-order valence-corrected chi connectivity index (χ2v) is 10.9. The summed E-state index contributed by atoms with van der Waals surface area (Å²) in [4.78, 5) is 23.5. The van der Waals surface area contributed by atoms with Gasteiger partial charge in [-0.2, -0.15) is 5.10 Å². The lowest BCUT2D eigenvalue weighted by Gasteiger charge is -2.34. The Morgan fingerprint density at radius 1 is 1.05 bits per heavy atom. The van der Waals surface area contributed by atoms with Crippen molar-refractivity contribution in [3.8, 4) is 22.8 Å². The second kappa shape index (κ2) is 8.97. The number of nitrogens with two attached hydrogens (primary N) is 1. The fourth-order valence-electron chi connectivity index (χ4n) is 5.56. The topological polar surface area (TPSA) is 108 Å². The van der Waals surface area contributed by atoms with E-state index in [0.29, 0.717) is 46.5 Å². The molecule has 196 valence electrons. The number of carbonyl (C=O) groups is 1. The lowest BCUT2D eigenvalue weighted by Crippen LogP contribution is -2.45. The maximum absolute atomic E-state index is 13.5. The molecule has 6 rings (SSSR count). The number of rotatable bonds is 4. The molecular formula is C28H29FN6O3. The number of carbonyl (C=O) groups excluding carboxylic acids is 1. The third-order valence-corrected chi connectivity index (χ3v) is 7.07. The maximum atomic E-state index is 13.5. The molecule has 1 saturated heterocycles. The molecule has 3 unspecified atom stereocenters. The van der Waals surface area contributed by atoms with Gasteiger partial charge in [-0.3, -0.25) is 0 Å². The summed E-state index contributed by atoms with van der Waals surface area (Å²) in [6.45, 7) is 6.31. The highest BCUT2D eigenvalue weighted by Crippen LogP contribution is 2.46. The number of nitrogen functional groups attached to an aromatic ring is 1. The molecule has 3 atom stereocenters. The van der Waals surface area contributed by atoms with Crippen LogP contribution in [-0.4, -0.2) is 48.9 Å². The van der Waals surface area contributed by atoms with Gasteiger partial charge in [0.05, 0.1) is 17.5 Å². The van der Waals surface area contributed by atoms with Gasteiger partial charge in [-0.15, -0.1) is 0 Å². The smallest absolute Gasteiger partial charge is 0.410 e. The van der Waals surface area contributed by atoms with Crippen LogP contribution in [0.15, 0.2) is 54.9 Å². The average Bonchev–Trinajstić information content (AvgIpc) is 3.57. The molecule has 2 aromatic heterocycles. The summed E-state index contributed by atoms with van der Waals surface area (Å²) < 4.78 is 26.9. The van der Waals surface area contributed by atoms with Crippen molar-refractivity contribution in [1.82, 2.24) is 24.6 Å². The van der Waals surface area contributed by atoms with Crippen LogP contribution < -0.4 is 10.5 Å². The average molecular weight is 517 g/mol. The van der Waals surface area contributed by atoms with E-state index in [1.54, 1.807) is 24.3 Å². The molecule has 1 aliphatic heterocycles. The van der Waals surface area contributed by atoms with Crippen LogP contribution in [0.3, 0.4) is 0 Å². The standard InChI is InChI=1S/C28H29FN6O3/c1-28(2,3)38-27(36)34-14-16-11-21(34)22(12-16)35-26-23(25(30)31-15-32-26)24(33-35)17-7-9-19(10-8-17)37-20-6-4-5-18(29)13-20/h4-10,13,15-16,21-22H,11-12,14H2,1-3H3,(H2,30,31,32). The molecule has 1 saturated carbocycles. The van der Waals surface area contributed by atoms with Crippen molar-refractivity contribution in [2.75, 3.05) is 12.3 Å². The first kappa shape index (κ1) is 24.1. The summed E-state index contributed by atoms with van der Waals surface area (Å²) >= 11 is 0. The predicted molar refractivity (Wildman–Crippen MR) is 140 cm³/mol. The Morgan fingerprint density at radius 3 is 2.53 bits per heavy atom. The molecule has 2 aliphatic rings. The van der Waals surface area contributed by atoms with E-state index >= 15 is 0 Å². The highest BCUT2D eigenvalue weighted by Gasteiger charge is 2.49. The Kier molecular flexibility index (Phi) is 5.70. The van der Waals surface area contributed by atoms with Gasteiger partial charge in [0.25, 0.3) is 0 Å². The van der Waals surface area contributed by atoms with Crippen LogP contribution in [0.25, 0.3) is 22.3 Å². The Morgan fingerprint density at radius 2 is 1.82 bits per heavy atom. The van der Waals surface area contributed by atoms with Crippen LogP contribution in [0.5, 0.6) is 11.5 Å². The normalized spacial score (nSPS) is 20.7. The molecular weight excluding hydrogens is 487 g/mol. The van der Waals surface area contributed by atoms with Gasteiger partial charge in [0.15, 0.2) is 5.65 Å². The summed E-state index contributed by atoms with van der Waals surface area (Å²) in [6.07, 6.45) is 2.93. The van der Waals surface area contributed by atoms with Crippen molar-refractivity contribution >= 4 is 22.9 Å². The van der Waals surface area contributed by atoms with Crippen molar-refractivity contribution in [3.63, 3.8) is 0 Å². The molecule has 3 heterocycles. The number of hydrogen-bond acceptors (Lipinski definition) is 7. The number of ether oxygens (including phenoxy) is 2. The van der Waals surface area contributed by atoms with Crippen LogP contribution in [-0.2, 0) is 4.74 Å². The summed E-state index contributed by atoms with van der Waals surface area (Å²) in [6, 6.07) is 13.2. The van der Waals surface area contributed by atoms with Crippen LogP contribution in [0.2, 0.25) is 0 Å². The van der Waals surface area contributed by atoms with Gasteiger partial charge in [-0.1, -0.05) is 6.07 Å². The van der Waals surface area contributed by atoms with Crippen molar-refractivity contribution in [2.24, 2.45) is 5.92 Å². The molecule has 4 aromatic rings. The Bertz CT molecular complexity index is 1510. The fraction of sp³-hybridized carbons (Fsp3) is 0.357. The Balaban J connectivity index is 1.33. The fourth-order valence-corrected chi connectivity index (χ4v) is 5.56. The first-order valence-corrected chi connectivity index (χ1v) is 12.7. The maximum Gasteiger partial charge on any atom is 0.410 e. The van der Waals surface area contributed by atoms with E-state index in [0.717, 1.165) is 18.4 Å². The summed E-state index contributed by atoms with van der Waals surface area (Å²) in [5, 5.41) is 5.64. The number of anilines is 1. The van der Waals surface area contributed by atoms with Gasteiger partial charge < -0.3 is 20.1 Å². The molecule has 9 nitrogen and oxygen atoms in total. The lowest BCUT2D eigenvalue weighted by atomic mass is 10.1. The van der Waals surface area contributed by atoms with Gasteiger partial charge in [0.1, 0.15) is 40.8 Å². The van der Waals surface area contributed by atoms with E-state index in [-0.39, 0.29) is 24.0 Å². The van der Waals surface area contributed by atoms with Gasteiger partial charge in [-0.25, -0.2) is 23.8 Å². The number of likely N-dealkylation sites (tertiary alicyclic amines) is 1. The molecule has 2 fully saturated rings. The number of benzene rings is 2. The molecule has 1 aliphatic carbocycles. The summed E-state index contributed by atoms with van der Waals surface area (Å²) in [7, 11) is 0. The SMILES string of the molecule is CC(C)(C)OC(=O)N1CC2CC1C(n1nc(-c3ccc(Oc4cccc(F)c4)cc3)c3c(N)ncnc31)C2. The number of fused-ring (bicyclic) bond motifs is 3. The zero-order valence-corrected chi connectivity index (χ0v) is 21.5. The number of nitrogens with zero attached hydrogens (tertiary/aromatic N) is 5. The Hall–Kier alpha value is -4.21. The van der Waals surface area contributed by atoms with E-state index in [2.05, 4.69) is 9.97 Å². The van der Waals surface area contributed by atoms with Crippen LogP contribution in [0.1, 0.15) is 39.7 Å². The highest BCUT2D eigenvalue weighted by molar-refractivity contribution is 5.98. The molecule has 2 N–H and O–H groups in total.